The molecule has 0 spiro atoms. The SMILES string of the molecule is C=CCc1c(CC)nc(-c2ccc(OC)s2)nc1Nc1ccc(CC(=O)O)cc1. The molecule has 1 aromatic carbocycles. The highest BCUT2D eigenvalue weighted by molar-refractivity contribution is 7.17. The topological polar surface area (TPSA) is 84.3 Å². The fraction of sp³-hybridized carbons (Fsp3) is 0.227. The van der Waals surface area contributed by atoms with Gasteiger partial charge in [0.25, 0.3) is 0 Å². The zero-order valence-corrected chi connectivity index (χ0v) is 17.3. The van der Waals surface area contributed by atoms with Crippen LogP contribution < -0.4 is 10.1 Å². The Morgan fingerprint density at radius 2 is 2.00 bits per heavy atom. The first-order valence-electron chi connectivity index (χ1n) is 9.26. The van der Waals surface area contributed by atoms with Crippen LogP contribution in [0.15, 0.2) is 49.1 Å². The number of aromatic nitrogens is 2. The van der Waals surface area contributed by atoms with Crippen molar-refractivity contribution in [1.29, 1.82) is 0 Å². The molecule has 2 aromatic heterocycles. The molecule has 0 radical (unpaired) electrons. The Labute approximate surface area is 173 Å². The second-order valence-corrected chi connectivity index (χ2v) is 7.43. The molecule has 0 aliphatic heterocycles. The van der Waals surface area contributed by atoms with Gasteiger partial charge in [-0.15, -0.1) is 6.58 Å². The van der Waals surface area contributed by atoms with Gasteiger partial charge in [0.05, 0.1) is 18.4 Å². The molecule has 0 amide bonds. The Kier molecular flexibility index (Phi) is 6.61. The van der Waals surface area contributed by atoms with E-state index in [0.29, 0.717) is 12.2 Å². The Morgan fingerprint density at radius 1 is 1.24 bits per heavy atom. The van der Waals surface area contributed by atoms with E-state index in [1.807, 2.05) is 30.3 Å². The lowest BCUT2D eigenvalue weighted by Crippen LogP contribution is -2.07. The summed E-state index contributed by atoms with van der Waals surface area (Å²) in [6.07, 6.45) is 3.26. The quantitative estimate of drug-likeness (QED) is 0.490. The molecule has 0 aliphatic rings. The van der Waals surface area contributed by atoms with Crippen molar-refractivity contribution in [1.82, 2.24) is 9.97 Å². The first kappa shape index (κ1) is 20.5. The van der Waals surface area contributed by atoms with Gasteiger partial charge in [-0.2, -0.15) is 0 Å². The number of aryl methyl sites for hydroxylation is 1. The summed E-state index contributed by atoms with van der Waals surface area (Å²) in [5.41, 5.74) is 3.55. The zero-order chi connectivity index (χ0) is 20.8. The molecule has 150 valence electrons. The molecular formula is C22H23N3O3S. The summed E-state index contributed by atoms with van der Waals surface area (Å²) in [5, 5.41) is 13.1. The standard InChI is InChI=1S/C22H23N3O3S/c1-4-6-16-17(5-2)24-22(18-11-12-20(28-3)29-18)25-21(16)23-15-9-7-14(8-10-15)13-19(26)27/h4,7-12H,1,5-6,13H2,2-3H3,(H,26,27)(H,23,24,25). The second-order valence-electron chi connectivity index (χ2n) is 6.38. The largest absolute Gasteiger partial charge is 0.487 e. The van der Waals surface area contributed by atoms with Crippen LogP contribution in [-0.4, -0.2) is 28.2 Å². The van der Waals surface area contributed by atoms with Gasteiger partial charge in [-0.25, -0.2) is 9.97 Å². The Hall–Kier alpha value is -3.19. The third-order valence-corrected chi connectivity index (χ3v) is 5.39. The van der Waals surface area contributed by atoms with Crippen LogP contribution >= 0.6 is 11.3 Å². The number of carbonyl (C=O) groups is 1. The van der Waals surface area contributed by atoms with Crippen molar-refractivity contribution in [3.8, 4) is 15.8 Å². The molecular weight excluding hydrogens is 386 g/mol. The monoisotopic (exact) mass is 409 g/mol. The van der Waals surface area contributed by atoms with Gasteiger partial charge in [0, 0.05) is 16.9 Å². The number of allylic oxidation sites excluding steroid dienone is 1. The summed E-state index contributed by atoms with van der Waals surface area (Å²) in [5.74, 6) is 0.524. The number of rotatable bonds is 9. The molecule has 2 N–H and O–H groups in total. The average Bonchev–Trinajstić information content (AvgIpc) is 3.19. The van der Waals surface area contributed by atoms with Crippen LogP contribution in [0.4, 0.5) is 11.5 Å². The van der Waals surface area contributed by atoms with Crippen molar-refractivity contribution in [3.63, 3.8) is 0 Å². The first-order valence-corrected chi connectivity index (χ1v) is 10.1. The summed E-state index contributed by atoms with van der Waals surface area (Å²) >= 11 is 1.50. The Balaban J connectivity index is 1.99. The Morgan fingerprint density at radius 3 is 2.59 bits per heavy atom. The van der Waals surface area contributed by atoms with Crippen LogP contribution in [0.1, 0.15) is 23.7 Å². The predicted octanol–water partition coefficient (Wildman–Crippen LogP) is 4.88. The molecule has 7 heteroatoms. The molecule has 29 heavy (non-hydrogen) atoms. The van der Waals surface area contributed by atoms with E-state index in [2.05, 4.69) is 18.8 Å². The van der Waals surface area contributed by atoms with Gasteiger partial charge < -0.3 is 15.2 Å². The van der Waals surface area contributed by atoms with E-state index in [1.54, 1.807) is 19.2 Å². The average molecular weight is 410 g/mol. The normalized spacial score (nSPS) is 10.6. The van der Waals surface area contributed by atoms with Crippen molar-refractivity contribution in [2.24, 2.45) is 0 Å². The van der Waals surface area contributed by atoms with Crippen LogP contribution in [-0.2, 0) is 24.1 Å². The van der Waals surface area contributed by atoms with Crippen molar-refractivity contribution >= 4 is 28.8 Å². The van der Waals surface area contributed by atoms with Crippen molar-refractivity contribution in [3.05, 3.63) is 65.9 Å². The molecule has 2 heterocycles. The van der Waals surface area contributed by atoms with Gasteiger partial charge in [0.15, 0.2) is 10.9 Å². The third kappa shape index (κ3) is 5.00. The van der Waals surface area contributed by atoms with Gasteiger partial charge in [0.2, 0.25) is 0 Å². The highest BCUT2D eigenvalue weighted by Crippen LogP contribution is 2.33. The lowest BCUT2D eigenvalue weighted by molar-refractivity contribution is -0.136. The van der Waals surface area contributed by atoms with Crippen LogP contribution in [0.2, 0.25) is 0 Å². The zero-order valence-electron chi connectivity index (χ0n) is 16.4. The number of ether oxygens (including phenoxy) is 1. The number of thiophene rings is 1. The summed E-state index contributed by atoms with van der Waals surface area (Å²) in [7, 11) is 1.64. The van der Waals surface area contributed by atoms with Crippen molar-refractivity contribution < 1.29 is 14.6 Å². The lowest BCUT2D eigenvalue weighted by Gasteiger charge is -2.15. The first-order chi connectivity index (χ1) is 14.0. The number of hydrogen-bond donors (Lipinski definition) is 2. The fourth-order valence-corrected chi connectivity index (χ4v) is 3.72. The van der Waals surface area contributed by atoms with Gasteiger partial charge in [-0.05, 0) is 42.7 Å². The van der Waals surface area contributed by atoms with Gasteiger partial charge >= 0.3 is 5.97 Å². The fourth-order valence-electron chi connectivity index (χ4n) is 2.96. The summed E-state index contributed by atoms with van der Waals surface area (Å²) in [6.45, 7) is 5.93. The van der Waals surface area contributed by atoms with E-state index in [4.69, 9.17) is 19.8 Å². The van der Waals surface area contributed by atoms with Gasteiger partial charge in [-0.3, -0.25) is 4.79 Å². The number of benzene rings is 1. The number of carboxylic acids is 1. The Bertz CT molecular complexity index is 1010. The van der Waals surface area contributed by atoms with E-state index < -0.39 is 5.97 Å². The number of carboxylic acid groups (broad SMARTS) is 1. The number of nitrogens with one attached hydrogen (secondary N) is 1. The van der Waals surface area contributed by atoms with Gasteiger partial charge in [0.1, 0.15) is 5.82 Å². The summed E-state index contributed by atoms with van der Waals surface area (Å²) in [4.78, 5) is 21.4. The molecule has 3 rings (SSSR count). The van der Waals surface area contributed by atoms with Crippen LogP contribution in [0, 0.1) is 0 Å². The maximum atomic E-state index is 10.9. The van der Waals surface area contributed by atoms with E-state index in [9.17, 15) is 4.79 Å². The molecule has 6 nitrogen and oxygen atoms in total. The number of hydrogen-bond acceptors (Lipinski definition) is 6. The molecule has 0 fully saturated rings. The minimum absolute atomic E-state index is 0.000156. The second kappa shape index (κ2) is 9.34. The van der Waals surface area contributed by atoms with Gasteiger partial charge in [-0.1, -0.05) is 36.5 Å². The predicted molar refractivity (Wildman–Crippen MR) is 116 cm³/mol. The maximum absolute atomic E-state index is 10.9. The number of nitrogens with zero attached hydrogens (tertiary/aromatic N) is 2. The van der Waals surface area contributed by atoms with E-state index >= 15 is 0 Å². The maximum Gasteiger partial charge on any atom is 0.307 e. The minimum atomic E-state index is -0.849. The van der Waals surface area contributed by atoms with Crippen molar-refractivity contribution in [2.45, 2.75) is 26.2 Å². The molecule has 3 aromatic rings. The number of aliphatic carboxylic acids is 1. The molecule has 0 saturated heterocycles. The minimum Gasteiger partial charge on any atom is -0.487 e. The highest BCUT2D eigenvalue weighted by Gasteiger charge is 2.15. The number of anilines is 2. The number of methoxy groups -OCH3 is 1. The highest BCUT2D eigenvalue weighted by atomic mass is 32.1. The molecule has 0 unspecified atom stereocenters. The summed E-state index contributed by atoms with van der Waals surface area (Å²) < 4.78 is 5.29. The molecule has 0 atom stereocenters. The van der Waals surface area contributed by atoms with E-state index in [-0.39, 0.29) is 6.42 Å². The van der Waals surface area contributed by atoms with Crippen molar-refractivity contribution in [2.75, 3.05) is 12.4 Å². The van der Waals surface area contributed by atoms with E-state index in [0.717, 1.165) is 44.7 Å². The van der Waals surface area contributed by atoms with Crippen LogP contribution in [0.3, 0.4) is 0 Å². The van der Waals surface area contributed by atoms with Crippen LogP contribution in [0.5, 0.6) is 5.06 Å². The summed E-state index contributed by atoms with van der Waals surface area (Å²) in [6, 6.07) is 11.2. The molecule has 0 aliphatic carbocycles. The lowest BCUT2D eigenvalue weighted by atomic mass is 10.1. The molecule has 0 saturated carbocycles. The van der Waals surface area contributed by atoms with Crippen LogP contribution in [0.25, 0.3) is 10.7 Å². The molecule has 0 bridgehead atoms. The smallest absolute Gasteiger partial charge is 0.307 e. The van der Waals surface area contributed by atoms with E-state index in [1.165, 1.54) is 11.3 Å². The third-order valence-electron chi connectivity index (χ3n) is 4.35.